The van der Waals surface area contributed by atoms with Crippen LogP contribution in [0, 0.1) is 11.8 Å². The SMILES string of the molecule is CC1CNCCC1C(=O)Cc1cccs1. The molecule has 2 unspecified atom stereocenters. The number of thiophene rings is 1. The molecule has 1 aliphatic rings. The lowest BCUT2D eigenvalue weighted by molar-refractivity contribution is -0.124. The van der Waals surface area contributed by atoms with E-state index < -0.39 is 0 Å². The van der Waals surface area contributed by atoms with Crippen LogP contribution in [0.1, 0.15) is 18.2 Å². The van der Waals surface area contributed by atoms with Crippen LogP contribution in [0.3, 0.4) is 0 Å². The van der Waals surface area contributed by atoms with Crippen molar-refractivity contribution in [2.45, 2.75) is 19.8 Å². The third-order valence-electron chi connectivity index (χ3n) is 3.13. The average Bonchev–Trinajstić information content (AvgIpc) is 2.71. The summed E-state index contributed by atoms with van der Waals surface area (Å²) in [4.78, 5) is 13.3. The highest BCUT2D eigenvalue weighted by molar-refractivity contribution is 7.10. The molecular formula is C12H17NOS. The molecule has 15 heavy (non-hydrogen) atoms. The number of hydrogen-bond donors (Lipinski definition) is 1. The van der Waals surface area contributed by atoms with Crippen LogP contribution >= 0.6 is 11.3 Å². The minimum Gasteiger partial charge on any atom is -0.316 e. The third kappa shape index (κ3) is 2.67. The Morgan fingerprint density at radius 3 is 3.20 bits per heavy atom. The van der Waals surface area contributed by atoms with E-state index in [-0.39, 0.29) is 5.92 Å². The first kappa shape index (κ1) is 10.8. The normalized spacial score (nSPS) is 26.5. The van der Waals surface area contributed by atoms with Crippen molar-refractivity contribution < 1.29 is 4.79 Å². The van der Waals surface area contributed by atoms with E-state index in [9.17, 15) is 4.79 Å². The summed E-state index contributed by atoms with van der Waals surface area (Å²) >= 11 is 1.68. The van der Waals surface area contributed by atoms with E-state index in [0.717, 1.165) is 19.5 Å². The number of piperidine rings is 1. The molecule has 2 rings (SSSR count). The zero-order valence-electron chi connectivity index (χ0n) is 9.03. The Hall–Kier alpha value is -0.670. The van der Waals surface area contributed by atoms with E-state index in [4.69, 9.17) is 0 Å². The fourth-order valence-corrected chi connectivity index (χ4v) is 2.92. The molecule has 2 atom stereocenters. The van der Waals surface area contributed by atoms with Crippen LogP contribution in [0.25, 0.3) is 0 Å². The molecule has 0 radical (unpaired) electrons. The van der Waals surface area contributed by atoms with E-state index in [1.807, 2.05) is 17.5 Å². The van der Waals surface area contributed by atoms with Crippen LogP contribution in [0.15, 0.2) is 17.5 Å². The lowest BCUT2D eigenvalue weighted by atomic mass is 9.83. The molecule has 1 aromatic heterocycles. The van der Waals surface area contributed by atoms with Crippen molar-refractivity contribution in [3.63, 3.8) is 0 Å². The minimum atomic E-state index is 0.272. The van der Waals surface area contributed by atoms with Gasteiger partial charge in [-0.15, -0.1) is 11.3 Å². The van der Waals surface area contributed by atoms with Crippen molar-refractivity contribution in [3.05, 3.63) is 22.4 Å². The maximum atomic E-state index is 12.1. The smallest absolute Gasteiger partial charge is 0.141 e. The van der Waals surface area contributed by atoms with Crippen molar-refractivity contribution in [1.29, 1.82) is 0 Å². The predicted molar refractivity (Wildman–Crippen MR) is 63.2 cm³/mol. The molecule has 1 saturated heterocycles. The van der Waals surface area contributed by atoms with Crippen molar-refractivity contribution in [3.8, 4) is 0 Å². The first-order valence-electron chi connectivity index (χ1n) is 5.53. The topological polar surface area (TPSA) is 29.1 Å². The van der Waals surface area contributed by atoms with Gasteiger partial charge in [0.2, 0.25) is 0 Å². The standard InChI is InChI=1S/C12H17NOS/c1-9-8-13-5-4-11(9)12(14)7-10-3-2-6-15-10/h2-3,6,9,11,13H,4-5,7-8H2,1H3. The zero-order valence-corrected chi connectivity index (χ0v) is 9.85. The number of carbonyl (C=O) groups is 1. The lowest BCUT2D eigenvalue weighted by Crippen LogP contribution is -2.39. The van der Waals surface area contributed by atoms with Crippen LogP contribution < -0.4 is 5.32 Å². The van der Waals surface area contributed by atoms with Gasteiger partial charge in [0.25, 0.3) is 0 Å². The van der Waals surface area contributed by atoms with Gasteiger partial charge in [0.1, 0.15) is 5.78 Å². The van der Waals surface area contributed by atoms with E-state index in [0.29, 0.717) is 18.1 Å². The maximum Gasteiger partial charge on any atom is 0.141 e. The number of ketones is 1. The van der Waals surface area contributed by atoms with Crippen LogP contribution in [0.5, 0.6) is 0 Å². The predicted octanol–water partition coefficient (Wildman–Crippen LogP) is 2.11. The summed E-state index contributed by atoms with van der Waals surface area (Å²) in [5.41, 5.74) is 0. The number of nitrogens with one attached hydrogen (secondary N) is 1. The number of Topliss-reactive ketones (excluding diaryl/α,β-unsaturated/α-hetero) is 1. The number of rotatable bonds is 3. The molecule has 0 aliphatic carbocycles. The minimum absolute atomic E-state index is 0.272. The average molecular weight is 223 g/mol. The van der Waals surface area contributed by atoms with E-state index >= 15 is 0 Å². The second-order valence-electron chi connectivity index (χ2n) is 4.30. The Kier molecular flexibility index (Phi) is 3.54. The van der Waals surface area contributed by atoms with Gasteiger partial charge >= 0.3 is 0 Å². The van der Waals surface area contributed by atoms with Crippen LogP contribution in [-0.2, 0) is 11.2 Å². The first-order chi connectivity index (χ1) is 7.27. The summed E-state index contributed by atoms with van der Waals surface area (Å²) in [5, 5.41) is 5.36. The highest BCUT2D eigenvalue weighted by atomic mass is 32.1. The molecule has 2 heterocycles. The maximum absolute atomic E-state index is 12.1. The van der Waals surface area contributed by atoms with Crippen molar-refractivity contribution in [2.24, 2.45) is 11.8 Å². The van der Waals surface area contributed by atoms with Gasteiger partial charge in [0.05, 0.1) is 0 Å². The van der Waals surface area contributed by atoms with Gasteiger partial charge in [-0.05, 0) is 36.9 Å². The summed E-state index contributed by atoms with van der Waals surface area (Å²) in [6.07, 6.45) is 1.64. The van der Waals surface area contributed by atoms with Gasteiger partial charge in [-0.2, -0.15) is 0 Å². The second kappa shape index (κ2) is 4.90. The Morgan fingerprint density at radius 1 is 1.67 bits per heavy atom. The molecule has 3 heteroatoms. The van der Waals surface area contributed by atoms with Gasteiger partial charge in [0, 0.05) is 17.2 Å². The Balaban J connectivity index is 1.95. The molecule has 2 nitrogen and oxygen atoms in total. The van der Waals surface area contributed by atoms with E-state index in [1.165, 1.54) is 4.88 Å². The van der Waals surface area contributed by atoms with Gasteiger partial charge in [-0.25, -0.2) is 0 Å². The Labute approximate surface area is 94.7 Å². The lowest BCUT2D eigenvalue weighted by Gasteiger charge is -2.28. The largest absolute Gasteiger partial charge is 0.316 e. The molecule has 0 spiro atoms. The second-order valence-corrected chi connectivity index (χ2v) is 5.33. The molecule has 1 aromatic rings. The number of hydrogen-bond acceptors (Lipinski definition) is 3. The Bertz CT molecular complexity index is 320. The monoisotopic (exact) mass is 223 g/mol. The molecule has 1 aliphatic heterocycles. The molecule has 82 valence electrons. The highest BCUT2D eigenvalue weighted by Crippen LogP contribution is 2.22. The van der Waals surface area contributed by atoms with Crippen molar-refractivity contribution in [1.82, 2.24) is 5.32 Å². The summed E-state index contributed by atoms with van der Waals surface area (Å²) in [7, 11) is 0. The van der Waals surface area contributed by atoms with Gasteiger partial charge in [-0.3, -0.25) is 4.79 Å². The van der Waals surface area contributed by atoms with Crippen LogP contribution in [-0.4, -0.2) is 18.9 Å². The molecule has 1 fully saturated rings. The van der Waals surface area contributed by atoms with E-state index in [2.05, 4.69) is 12.2 Å². The Morgan fingerprint density at radius 2 is 2.53 bits per heavy atom. The van der Waals surface area contributed by atoms with Gasteiger partial charge in [-0.1, -0.05) is 13.0 Å². The summed E-state index contributed by atoms with van der Waals surface area (Å²) < 4.78 is 0. The molecular weight excluding hydrogens is 206 g/mol. The zero-order chi connectivity index (χ0) is 10.7. The van der Waals surface area contributed by atoms with Crippen molar-refractivity contribution >= 4 is 17.1 Å². The molecule has 0 bridgehead atoms. The fraction of sp³-hybridized carbons (Fsp3) is 0.583. The summed E-state index contributed by atoms with van der Waals surface area (Å²) in [6, 6.07) is 4.06. The molecule has 0 amide bonds. The third-order valence-corrected chi connectivity index (χ3v) is 4.00. The molecule has 0 saturated carbocycles. The summed E-state index contributed by atoms with van der Waals surface area (Å²) in [6.45, 7) is 4.15. The quantitative estimate of drug-likeness (QED) is 0.850. The molecule has 1 N–H and O–H groups in total. The van der Waals surface area contributed by atoms with Crippen LogP contribution in [0.2, 0.25) is 0 Å². The fourth-order valence-electron chi connectivity index (χ4n) is 2.21. The van der Waals surface area contributed by atoms with Gasteiger partial charge < -0.3 is 5.32 Å². The van der Waals surface area contributed by atoms with E-state index in [1.54, 1.807) is 11.3 Å². The summed E-state index contributed by atoms with van der Waals surface area (Å²) in [5.74, 6) is 1.19. The van der Waals surface area contributed by atoms with Gasteiger partial charge in [0.15, 0.2) is 0 Å². The number of carbonyl (C=O) groups excluding carboxylic acids is 1. The van der Waals surface area contributed by atoms with Crippen LogP contribution in [0.4, 0.5) is 0 Å². The molecule has 0 aromatic carbocycles. The highest BCUT2D eigenvalue weighted by Gasteiger charge is 2.27. The first-order valence-corrected chi connectivity index (χ1v) is 6.41. The van der Waals surface area contributed by atoms with Crippen molar-refractivity contribution in [2.75, 3.05) is 13.1 Å².